The van der Waals surface area contributed by atoms with Crippen molar-refractivity contribution in [3.05, 3.63) is 29.0 Å². The molecule has 90 valence electrons. The van der Waals surface area contributed by atoms with Gasteiger partial charge in [0.1, 0.15) is 11.6 Å². The molecule has 0 N–H and O–H groups in total. The summed E-state index contributed by atoms with van der Waals surface area (Å²) < 4.78 is 39.0. The SMILES string of the molecule is O=S(=O)(Cl)CCCOc1ccc(F)cc1Cl. The van der Waals surface area contributed by atoms with Crippen molar-refractivity contribution in [1.82, 2.24) is 0 Å². The standard InChI is InChI=1S/C9H9Cl2FO3S/c10-8-6-7(12)2-3-9(8)15-4-1-5-16(11,13)14/h2-3,6H,1,4-5H2. The van der Waals surface area contributed by atoms with Crippen molar-refractivity contribution < 1.29 is 17.5 Å². The third kappa shape index (κ3) is 5.01. The fourth-order valence-corrected chi connectivity index (χ4v) is 2.02. The molecule has 0 radical (unpaired) electrons. The number of hydrogen-bond donors (Lipinski definition) is 0. The molecule has 0 fully saturated rings. The van der Waals surface area contributed by atoms with Crippen LogP contribution in [0.1, 0.15) is 6.42 Å². The highest BCUT2D eigenvalue weighted by Crippen LogP contribution is 2.24. The van der Waals surface area contributed by atoms with Gasteiger partial charge in [-0.15, -0.1) is 0 Å². The number of halogens is 3. The number of rotatable bonds is 5. The lowest BCUT2D eigenvalue weighted by atomic mass is 10.3. The number of ether oxygens (including phenoxy) is 1. The molecule has 0 atom stereocenters. The van der Waals surface area contributed by atoms with E-state index >= 15 is 0 Å². The van der Waals surface area contributed by atoms with Crippen LogP contribution >= 0.6 is 22.3 Å². The Balaban J connectivity index is 2.43. The fraction of sp³-hybridized carbons (Fsp3) is 0.333. The van der Waals surface area contributed by atoms with E-state index in [1.54, 1.807) is 0 Å². The molecule has 0 heterocycles. The zero-order valence-corrected chi connectivity index (χ0v) is 10.4. The van der Waals surface area contributed by atoms with E-state index in [1.807, 2.05) is 0 Å². The third-order valence-corrected chi connectivity index (χ3v) is 3.22. The Bertz CT molecular complexity index is 462. The van der Waals surface area contributed by atoms with E-state index in [0.29, 0.717) is 5.75 Å². The molecule has 7 heteroatoms. The van der Waals surface area contributed by atoms with Gasteiger partial charge in [0.05, 0.1) is 17.4 Å². The highest BCUT2D eigenvalue weighted by atomic mass is 35.7. The van der Waals surface area contributed by atoms with Crippen molar-refractivity contribution in [2.45, 2.75) is 6.42 Å². The minimum atomic E-state index is -3.50. The van der Waals surface area contributed by atoms with Crippen LogP contribution in [0.25, 0.3) is 0 Å². The largest absolute Gasteiger partial charge is 0.492 e. The van der Waals surface area contributed by atoms with Gasteiger partial charge in [0.25, 0.3) is 0 Å². The Kier molecular flexibility index (Phi) is 4.83. The van der Waals surface area contributed by atoms with E-state index < -0.39 is 14.9 Å². The minimum Gasteiger partial charge on any atom is -0.492 e. The molecular formula is C9H9Cl2FO3S. The predicted octanol–water partition coefficient (Wildman–Crippen LogP) is 2.82. The van der Waals surface area contributed by atoms with Crippen LogP contribution in [0.15, 0.2) is 18.2 Å². The Labute approximate surface area is 103 Å². The second-order valence-corrected chi connectivity index (χ2v) is 6.32. The van der Waals surface area contributed by atoms with E-state index in [0.717, 1.165) is 6.07 Å². The van der Waals surface area contributed by atoms with Gasteiger partial charge in [0.2, 0.25) is 9.05 Å². The maximum Gasteiger partial charge on any atom is 0.232 e. The van der Waals surface area contributed by atoms with Crippen molar-refractivity contribution >= 4 is 31.3 Å². The van der Waals surface area contributed by atoms with Crippen LogP contribution in [0.4, 0.5) is 4.39 Å². The summed E-state index contributed by atoms with van der Waals surface area (Å²) in [5.74, 6) is -0.316. The first-order valence-electron chi connectivity index (χ1n) is 4.39. The Morgan fingerprint density at radius 2 is 2.06 bits per heavy atom. The van der Waals surface area contributed by atoms with Crippen molar-refractivity contribution in [3.8, 4) is 5.75 Å². The van der Waals surface area contributed by atoms with E-state index in [-0.39, 0.29) is 23.8 Å². The molecule has 0 aliphatic rings. The van der Waals surface area contributed by atoms with Crippen LogP contribution in [-0.4, -0.2) is 20.8 Å². The summed E-state index contributed by atoms with van der Waals surface area (Å²) in [4.78, 5) is 0. The Hall–Kier alpha value is -0.520. The summed E-state index contributed by atoms with van der Waals surface area (Å²) in [6, 6.07) is 3.71. The molecule has 16 heavy (non-hydrogen) atoms. The van der Waals surface area contributed by atoms with Crippen LogP contribution in [0, 0.1) is 5.82 Å². The summed E-state index contributed by atoms with van der Waals surface area (Å²) in [6.45, 7) is 0.150. The molecule has 1 aromatic rings. The predicted molar refractivity (Wildman–Crippen MR) is 61.2 cm³/mol. The van der Waals surface area contributed by atoms with Crippen LogP contribution < -0.4 is 4.74 Å². The van der Waals surface area contributed by atoms with Gasteiger partial charge >= 0.3 is 0 Å². The van der Waals surface area contributed by atoms with Gasteiger partial charge in [-0.2, -0.15) is 0 Å². The average Bonchev–Trinajstić information content (AvgIpc) is 2.13. The summed E-state index contributed by atoms with van der Waals surface area (Å²) in [5.41, 5.74) is 0. The smallest absolute Gasteiger partial charge is 0.232 e. The molecule has 0 aliphatic carbocycles. The van der Waals surface area contributed by atoms with Crippen molar-refractivity contribution in [3.63, 3.8) is 0 Å². The van der Waals surface area contributed by atoms with E-state index in [9.17, 15) is 12.8 Å². The molecule has 0 unspecified atom stereocenters. The number of benzene rings is 1. The maximum absolute atomic E-state index is 12.7. The highest BCUT2D eigenvalue weighted by Gasteiger charge is 2.06. The second-order valence-electron chi connectivity index (χ2n) is 3.02. The molecule has 1 aromatic carbocycles. The van der Waals surface area contributed by atoms with Gasteiger partial charge < -0.3 is 4.74 Å². The molecular weight excluding hydrogens is 278 g/mol. The monoisotopic (exact) mass is 286 g/mol. The Morgan fingerprint density at radius 3 is 2.62 bits per heavy atom. The quantitative estimate of drug-likeness (QED) is 0.618. The van der Waals surface area contributed by atoms with E-state index in [2.05, 4.69) is 0 Å². The lowest BCUT2D eigenvalue weighted by molar-refractivity contribution is 0.317. The topological polar surface area (TPSA) is 43.4 Å². The van der Waals surface area contributed by atoms with Crippen molar-refractivity contribution in [2.24, 2.45) is 0 Å². The summed E-state index contributed by atoms with van der Waals surface area (Å²) in [7, 11) is 1.51. The first-order chi connectivity index (χ1) is 7.38. The molecule has 1 rings (SSSR count). The van der Waals surface area contributed by atoms with E-state index in [1.165, 1.54) is 12.1 Å². The van der Waals surface area contributed by atoms with Crippen LogP contribution in [-0.2, 0) is 9.05 Å². The molecule has 0 spiro atoms. The third-order valence-electron chi connectivity index (χ3n) is 1.68. The van der Waals surface area contributed by atoms with Gasteiger partial charge in [0, 0.05) is 10.7 Å². The summed E-state index contributed by atoms with van der Waals surface area (Å²) >= 11 is 5.69. The van der Waals surface area contributed by atoms with Gasteiger partial charge in [0.15, 0.2) is 0 Å². The summed E-state index contributed by atoms with van der Waals surface area (Å²) in [5, 5.41) is 0.147. The van der Waals surface area contributed by atoms with Crippen LogP contribution in [0.3, 0.4) is 0 Å². The van der Waals surface area contributed by atoms with Gasteiger partial charge in [-0.25, -0.2) is 12.8 Å². The molecule has 0 saturated carbocycles. The fourth-order valence-electron chi connectivity index (χ4n) is 1.01. The lowest BCUT2D eigenvalue weighted by Crippen LogP contribution is -2.05. The molecule has 3 nitrogen and oxygen atoms in total. The molecule has 0 saturated heterocycles. The second kappa shape index (κ2) is 5.70. The normalized spacial score (nSPS) is 11.4. The number of hydrogen-bond acceptors (Lipinski definition) is 3. The Morgan fingerprint density at radius 1 is 1.38 bits per heavy atom. The zero-order valence-electron chi connectivity index (χ0n) is 8.12. The maximum atomic E-state index is 12.7. The molecule has 0 bridgehead atoms. The van der Waals surface area contributed by atoms with Crippen LogP contribution in [0.5, 0.6) is 5.75 Å². The molecule has 0 aromatic heterocycles. The molecule has 0 amide bonds. The molecule has 0 aliphatic heterocycles. The van der Waals surface area contributed by atoms with Gasteiger partial charge in [-0.05, 0) is 24.6 Å². The van der Waals surface area contributed by atoms with E-state index in [4.69, 9.17) is 27.0 Å². The lowest BCUT2D eigenvalue weighted by Gasteiger charge is -2.06. The van der Waals surface area contributed by atoms with Crippen molar-refractivity contribution in [2.75, 3.05) is 12.4 Å². The van der Waals surface area contributed by atoms with Gasteiger partial charge in [-0.3, -0.25) is 0 Å². The first kappa shape index (κ1) is 13.5. The summed E-state index contributed by atoms with van der Waals surface area (Å²) in [6.07, 6.45) is 0.250. The average molecular weight is 287 g/mol. The highest BCUT2D eigenvalue weighted by molar-refractivity contribution is 8.13. The van der Waals surface area contributed by atoms with Crippen LogP contribution in [0.2, 0.25) is 5.02 Å². The van der Waals surface area contributed by atoms with Crippen molar-refractivity contribution in [1.29, 1.82) is 0 Å². The first-order valence-corrected chi connectivity index (χ1v) is 7.24. The zero-order chi connectivity index (χ0) is 12.2. The van der Waals surface area contributed by atoms with Gasteiger partial charge in [-0.1, -0.05) is 11.6 Å². The minimum absolute atomic E-state index is 0.147.